The van der Waals surface area contributed by atoms with Gasteiger partial charge in [0.25, 0.3) is 0 Å². The van der Waals surface area contributed by atoms with Crippen LogP contribution in [-0.2, 0) is 4.79 Å². The summed E-state index contributed by atoms with van der Waals surface area (Å²) >= 11 is 5.87. The van der Waals surface area contributed by atoms with E-state index in [1.807, 2.05) is 0 Å². The first-order valence-corrected chi connectivity index (χ1v) is 8.03. The second kappa shape index (κ2) is 6.61. The second-order valence-electron chi connectivity index (χ2n) is 5.72. The fraction of sp³-hybridized carbons (Fsp3) is 0.158. The first kappa shape index (κ1) is 17.0. The molecule has 1 unspecified atom stereocenters. The molecular weight excluding hydrogens is 342 g/mol. The number of benzene rings is 2. The van der Waals surface area contributed by atoms with Gasteiger partial charge in [-0.25, -0.2) is 0 Å². The van der Waals surface area contributed by atoms with Crippen molar-refractivity contribution in [3.8, 4) is 5.75 Å². The van der Waals surface area contributed by atoms with Crippen molar-refractivity contribution in [1.82, 2.24) is 4.98 Å². The maximum Gasteiger partial charge on any atom is 0.310 e. The molecule has 3 aromatic rings. The number of H-pyrrole nitrogens is 1. The highest BCUT2D eigenvalue weighted by Gasteiger charge is 2.27. The Morgan fingerprint density at radius 3 is 2.44 bits per heavy atom. The van der Waals surface area contributed by atoms with Gasteiger partial charge < -0.3 is 14.8 Å². The number of rotatable bonds is 5. The molecular formula is C19H16ClNO4. The average molecular weight is 358 g/mol. The van der Waals surface area contributed by atoms with E-state index in [0.29, 0.717) is 32.8 Å². The minimum atomic E-state index is -1.01. The van der Waals surface area contributed by atoms with E-state index in [2.05, 4.69) is 4.98 Å². The molecule has 0 fully saturated rings. The van der Waals surface area contributed by atoms with E-state index in [9.17, 15) is 14.7 Å². The number of methoxy groups -OCH3 is 1. The molecule has 2 aromatic carbocycles. The van der Waals surface area contributed by atoms with Crippen LogP contribution >= 0.6 is 11.6 Å². The van der Waals surface area contributed by atoms with Gasteiger partial charge in [0.15, 0.2) is 0 Å². The number of fused-ring (bicyclic) bond motifs is 1. The molecule has 1 heterocycles. The molecule has 1 atom stereocenters. The summed E-state index contributed by atoms with van der Waals surface area (Å²) in [6.07, 6.45) is 0. The van der Waals surface area contributed by atoms with Gasteiger partial charge >= 0.3 is 5.97 Å². The van der Waals surface area contributed by atoms with Gasteiger partial charge in [-0.05, 0) is 49.4 Å². The summed E-state index contributed by atoms with van der Waals surface area (Å²) in [7, 11) is 1.54. The Labute approximate surface area is 149 Å². The Hall–Kier alpha value is -2.79. The number of nitrogens with one attached hydrogen (secondary N) is 1. The maximum atomic E-state index is 12.9. The monoisotopic (exact) mass is 357 g/mol. The van der Waals surface area contributed by atoms with Gasteiger partial charge in [0.2, 0.25) is 5.78 Å². The lowest BCUT2D eigenvalue weighted by Gasteiger charge is -2.09. The number of carboxylic acids is 1. The number of carbonyl (C=O) groups excluding carboxylic acids is 1. The molecule has 5 nitrogen and oxygen atoms in total. The molecule has 1 aromatic heterocycles. The standard InChI is InChI=1S/C19H16ClNO4/c1-10(19(23)24)16-14-9-13(25-2)7-8-15(14)21-17(16)18(22)11-3-5-12(20)6-4-11/h3-10,21H,1-2H3,(H,23,24). The second-order valence-corrected chi connectivity index (χ2v) is 6.16. The van der Waals surface area contributed by atoms with Gasteiger partial charge in [-0.15, -0.1) is 0 Å². The average Bonchev–Trinajstić information content (AvgIpc) is 2.99. The van der Waals surface area contributed by atoms with Crippen LogP contribution in [0.2, 0.25) is 5.02 Å². The van der Waals surface area contributed by atoms with Crippen molar-refractivity contribution in [2.75, 3.05) is 7.11 Å². The largest absolute Gasteiger partial charge is 0.497 e. The lowest BCUT2D eigenvalue weighted by atomic mass is 9.94. The van der Waals surface area contributed by atoms with Crippen molar-refractivity contribution >= 4 is 34.3 Å². The van der Waals surface area contributed by atoms with Crippen molar-refractivity contribution in [2.45, 2.75) is 12.8 Å². The van der Waals surface area contributed by atoms with Crippen LogP contribution < -0.4 is 4.74 Å². The number of ketones is 1. The Bertz CT molecular complexity index is 959. The van der Waals surface area contributed by atoms with Crippen molar-refractivity contribution in [3.05, 3.63) is 64.3 Å². The molecule has 0 spiro atoms. The van der Waals surface area contributed by atoms with Crippen LogP contribution in [0, 0.1) is 0 Å². The Balaban J connectivity index is 2.22. The van der Waals surface area contributed by atoms with E-state index in [-0.39, 0.29) is 11.5 Å². The van der Waals surface area contributed by atoms with Gasteiger partial charge in [0.1, 0.15) is 5.75 Å². The van der Waals surface area contributed by atoms with Crippen LogP contribution in [0.1, 0.15) is 34.5 Å². The first-order chi connectivity index (χ1) is 11.9. The van der Waals surface area contributed by atoms with Gasteiger partial charge in [0, 0.05) is 27.1 Å². The summed E-state index contributed by atoms with van der Waals surface area (Å²) in [5.41, 5.74) is 1.82. The fourth-order valence-corrected chi connectivity index (χ4v) is 2.94. The molecule has 3 rings (SSSR count). The number of hydrogen-bond acceptors (Lipinski definition) is 3. The smallest absolute Gasteiger partial charge is 0.310 e. The summed E-state index contributed by atoms with van der Waals surface area (Å²) in [5, 5.41) is 10.7. The number of halogens is 1. The topological polar surface area (TPSA) is 79.4 Å². The molecule has 0 bridgehead atoms. The number of aromatic amines is 1. The molecule has 0 aliphatic heterocycles. The zero-order valence-corrected chi connectivity index (χ0v) is 14.4. The number of ether oxygens (including phenoxy) is 1. The zero-order chi connectivity index (χ0) is 18.1. The number of hydrogen-bond donors (Lipinski definition) is 2. The SMILES string of the molecule is COc1ccc2[nH]c(C(=O)c3ccc(Cl)cc3)c(C(C)C(=O)O)c2c1. The van der Waals surface area contributed by atoms with Gasteiger partial charge in [-0.3, -0.25) is 9.59 Å². The number of aromatic nitrogens is 1. The maximum absolute atomic E-state index is 12.9. The fourth-order valence-electron chi connectivity index (χ4n) is 2.82. The first-order valence-electron chi connectivity index (χ1n) is 7.65. The van der Waals surface area contributed by atoms with E-state index in [0.717, 1.165) is 0 Å². The molecule has 0 saturated heterocycles. The Kier molecular flexibility index (Phi) is 4.51. The van der Waals surface area contributed by atoms with Crippen molar-refractivity contribution < 1.29 is 19.4 Å². The molecule has 0 radical (unpaired) electrons. The summed E-state index contributed by atoms with van der Waals surface area (Å²) in [5.74, 6) is -1.55. The highest BCUT2D eigenvalue weighted by Crippen LogP contribution is 2.33. The molecule has 0 amide bonds. The van der Waals surface area contributed by atoms with Crippen LogP contribution in [-0.4, -0.2) is 29.0 Å². The van der Waals surface area contributed by atoms with Crippen molar-refractivity contribution in [3.63, 3.8) is 0 Å². The van der Waals surface area contributed by atoms with Crippen LogP contribution in [0.3, 0.4) is 0 Å². The summed E-state index contributed by atoms with van der Waals surface area (Å²) in [6.45, 7) is 1.56. The molecule has 0 aliphatic carbocycles. The van der Waals surface area contributed by atoms with Crippen LogP contribution in [0.25, 0.3) is 10.9 Å². The molecule has 6 heteroatoms. The zero-order valence-electron chi connectivity index (χ0n) is 13.7. The van der Waals surface area contributed by atoms with Crippen molar-refractivity contribution in [1.29, 1.82) is 0 Å². The summed E-state index contributed by atoms with van der Waals surface area (Å²) in [6, 6.07) is 11.7. The molecule has 0 saturated carbocycles. The molecule has 0 aliphatic rings. The molecule has 128 valence electrons. The van der Waals surface area contributed by atoms with E-state index >= 15 is 0 Å². The Morgan fingerprint density at radius 1 is 1.16 bits per heavy atom. The number of carboxylic acid groups (broad SMARTS) is 1. The molecule has 25 heavy (non-hydrogen) atoms. The third-order valence-corrected chi connectivity index (χ3v) is 4.43. The third-order valence-electron chi connectivity index (χ3n) is 4.18. The van der Waals surface area contributed by atoms with Crippen LogP contribution in [0.5, 0.6) is 5.75 Å². The van der Waals surface area contributed by atoms with E-state index in [4.69, 9.17) is 16.3 Å². The summed E-state index contributed by atoms with van der Waals surface area (Å²) < 4.78 is 5.22. The lowest BCUT2D eigenvalue weighted by molar-refractivity contribution is -0.138. The van der Waals surface area contributed by atoms with Crippen LogP contribution in [0.4, 0.5) is 0 Å². The number of carbonyl (C=O) groups is 2. The lowest BCUT2D eigenvalue weighted by Crippen LogP contribution is -2.12. The third kappa shape index (κ3) is 3.10. The molecule has 2 N–H and O–H groups in total. The van der Waals surface area contributed by atoms with Gasteiger partial charge in [-0.1, -0.05) is 11.6 Å². The van der Waals surface area contributed by atoms with E-state index in [1.54, 1.807) is 49.4 Å². The number of aliphatic carboxylic acids is 1. The summed E-state index contributed by atoms with van der Waals surface area (Å²) in [4.78, 5) is 27.6. The van der Waals surface area contributed by atoms with Gasteiger partial charge in [0.05, 0.1) is 18.7 Å². The normalized spacial score (nSPS) is 12.1. The Morgan fingerprint density at radius 2 is 1.84 bits per heavy atom. The highest BCUT2D eigenvalue weighted by atomic mass is 35.5. The van der Waals surface area contributed by atoms with Gasteiger partial charge in [-0.2, -0.15) is 0 Å². The van der Waals surface area contributed by atoms with Crippen LogP contribution in [0.15, 0.2) is 42.5 Å². The van der Waals surface area contributed by atoms with E-state index < -0.39 is 11.9 Å². The minimum Gasteiger partial charge on any atom is -0.497 e. The minimum absolute atomic E-state index is 0.264. The highest BCUT2D eigenvalue weighted by molar-refractivity contribution is 6.30. The van der Waals surface area contributed by atoms with Crippen molar-refractivity contribution in [2.24, 2.45) is 0 Å². The predicted molar refractivity (Wildman–Crippen MR) is 95.8 cm³/mol. The quantitative estimate of drug-likeness (QED) is 0.669. The van der Waals surface area contributed by atoms with E-state index in [1.165, 1.54) is 7.11 Å². The predicted octanol–water partition coefficient (Wildman–Crippen LogP) is 4.25.